The van der Waals surface area contributed by atoms with Crippen LogP contribution in [-0.2, 0) is 16.0 Å². The Morgan fingerprint density at radius 3 is 3.00 bits per heavy atom. The summed E-state index contributed by atoms with van der Waals surface area (Å²) < 4.78 is 17.6. The molecule has 3 aliphatic rings. The monoisotopic (exact) mass is 277 g/mol. The maximum absolute atomic E-state index is 6.10. The van der Waals surface area contributed by atoms with Crippen molar-refractivity contribution in [3.05, 3.63) is 24.2 Å². The number of hydrogen-bond donors (Lipinski definition) is 0. The summed E-state index contributed by atoms with van der Waals surface area (Å²) in [5.41, 5.74) is 0. The molecule has 110 valence electrons. The van der Waals surface area contributed by atoms with E-state index in [2.05, 4.69) is 11.0 Å². The first-order valence-electron chi connectivity index (χ1n) is 7.90. The van der Waals surface area contributed by atoms with E-state index >= 15 is 0 Å². The second kappa shape index (κ2) is 5.51. The maximum atomic E-state index is 6.10. The van der Waals surface area contributed by atoms with Crippen molar-refractivity contribution in [3.8, 4) is 0 Å². The fourth-order valence-corrected chi connectivity index (χ4v) is 3.51. The van der Waals surface area contributed by atoms with E-state index in [1.54, 1.807) is 6.26 Å². The lowest BCUT2D eigenvalue weighted by molar-refractivity contribution is -0.117. The molecule has 3 atom stereocenters. The average Bonchev–Trinajstić information content (AvgIpc) is 2.98. The largest absolute Gasteiger partial charge is 0.468 e. The molecule has 2 heterocycles. The van der Waals surface area contributed by atoms with Gasteiger partial charge in [0.05, 0.1) is 31.6 Å². The zero-order valence-corrected chi connectivity index (χ0v) is 11.9. The summed E-state index contributed by atoms with van der Waals surface area (Å²) in [6.45, 7) is 3.64. The van der Waals surface area contributed by atoms with Gasteiger partial charge in [-0.1, -0.05) is 0 Å². The normalized spacial score (nSPS) is 34.3. The van der Waals surface area contributed by atoms with Crippen LogP contribution in [0.4, 0.5) is 0 Å². The minimum absolute atomic E-state index is 0.262. The molecule has 4 nitrogen and oxygen atoms in total. The summed E-state index contributed by atoms with van der Waals surface area (Å²) in [5.74, 6) is 1.88. The van der Waals surface area contributed by atoms with E-state index in [1.165, 1.54) is 19.3 Å². The topological polar surface area (TPSA) is 34.8 Å². The van der Waals surface area contributed by atoms with Crippen LogP contribution in [0, 0.1) is 5.92 Å². The first kappa shape index (κ1) is 12.9. The number of hydrogen-bond acceptors (Lipinski definition) is 4. The summed E-state index contributed by atoms with van der Waals surface area (Å²) >= 11 is 0. The number of furan rings is 1. The lowest BCUT2D eigenvalue weighted by atomic mass is 10.1. The molecule has 4 heteroatoms. The molecule has 4 rings (SSSR count). The third kappa shape index (κ3) is 2.65. The van der Waals surface area contributed by atoms with Gasteiger partial charge in [0.25, 0.3) is 0 Å². The van der Waals surface area contributed by atoms with Crippen molar-refractivity contribution in [3.63, 3.8) is 0 Å². The molecule has 0 spiro atoms. The first-order valence-corrected chi connectivity index (χ1v) is 7.90. The van der Waals surface area contributed by atoms with E-state index in [1.807, 2.05) is 6.07 Å². The van der Waals surface area contributed by atoms with Crippen molar-refractivity contribution < 1.29 is 13.9 Å². The molecular weight excluding hydrogens is 254 g/mol. The van der Waals surface area contributed by atoms with Crippen molar-refractivity contribution in [1.29, 1.82) is 0 Å². The second-order valence-electron chi connectivity index (χ2n) is 6.35. The van der Waals surface area contributed by atoms with Gasteiger partial charge in [0.1, 0.15) is 5.76 Å². The van der Waals surface area contributed by atoms with Crippen molar-refractivity contribution in [2.24, 2.45) is 5.92 Å². The standard InChI is InChI=1S/C16H23NO3/c1-2-13(18-8-1)10-17-7-9-19-16-14(17)5-6-15(16)20-11-12-3-4-12/h1-2,8,12,14-16H,3-7,9-11H2/t14-,15-,16+/m1/s1. The fraction of sp³-hybridized carbons (Fsp3) is 0.750. The Hall–Kier alpha value is -0.840. The van der Waals surface area contributed by atoms with E-state index in [4.69, 9.17) is 13.9 Å². The van der Waals surface area contributed by atoms with E-state index in [-0.39, 0.29) is 6.10 Å². The van der Waals surface area contributed by atoms with Crippen LogP contribution in [0.5, 0.6) is 0 Å². The number of nitrogens with zero attached hydrogens (tertiary/aromatic N) is 1. The molecule has 0 radical (unpaired) electrons. The van der Waals surface area contributed by atoms with Crippen molar-refractivity contribution in [1.82, 2.24) is 4.90 Å². The second-order valence-corrected chi connectivity index (χ2v) is 6.35. The lowest BCUT2D eigenvalue weighted by Crippen LogP contribution is -2.51. The molecule has 2 saturated carbocycles. The molecule has 20 heavy (non-hydrogen) atoms. The van der Waals surface area contributed by atoms with E-state index in [9.17, 15) is 0 Å². The molecule has 1 aliphatic heterocycles. The molecule has 1 aromatic heterocycles. The van der Waals surface area contributed by atoms with Crippen LogP contribution in [0.25, 0.3) is 0 Å². The molecule has 2 aliphatic carbocycles. The first-order chi connectivity index (χ1) is 9.90. The molecule has 0 unspecified atom stereocenters. The number of morpholine rings is 1. The third-order valence-electron chi connectivity index (χ3n) is 4.83. The molecule has 1 saturated heterocycles. The van der Waals surface area contributed by atoms with Crippen LogP contribution in [0.1, 0.15) is 31.4 Å². The van der Waals surface area contributed by atoms with Crippen LogP contribution < -0.4 is 0 Å². The quantitative estimate of drug-likeness (QED) is 0.828. The Morgan fingerprint density at radius 2 is 2.20 bits per heavy atom. The van der Waals surface area contributed by atoms with Gasteiger partial charge in [0.15, 0.2) is 0 Å². The Balaban J connectivity index is 1.37. The van der Waals surface area contributed by atoms with Gasteiger partial charge in [-0.15, -0.1) is 0 Å². The van der Waals surface area contributed by atoms with Crippen molar-refractivity contribution >= 4 is 0 Å². The summed E-state index contributed by atoms with van der Waals surface area (Å²) in [6.07, 6.45) is 7.34. The molecule has 0 aromatic carbocycles. The minimum Gasteiger partial charge on any atom is -0.468 e. The van der Waals surface area contributed by atoms with Gasteiger partial charge in [-0.3, -0.25) is 4.90 Å². The Labute approximate surface area is 120 Å². The summed E-state index contributed by atoms with van der Waals surface area (Å²) in [4.78, 5) is 2.51. The van der Waals surface area contributed by atoms with E-state index in [0.717, 1.165) is 44.4 Å². The molecule has 0 N–H and O–H groups in total. The molecule has 0 amide bonds. The molecular formula is C16H23NO3. The van der Waals surface area contributed by atoms with Gasteiger partial charge >= 0.3 is 0 Å². The van der Waals surface area contributed by atoms with Gasteiger partial charge < -0.3 is 13.9 Å². The van der Waals surface area contributed by atoms with Crippen LogP contribution in [0.15, 0.2) is 22.8 Å². The van der Waals surface area contributed by atoms with Gasteiger partial charge in [0.2, 0.25) is 0 Å². The van der Waals surface area contributed by atoms with Gasteiger partial charge in [-0.2, -0.15) is 0 Å². The van der Waals surface area contributed by atoms with Gasteiger partial charge in [-0.05, 0) is 43.7 Å². The Morgan fingerprint density at radius 1 is 1.25 bits per heavy atom. The third-order valence-corrected chi connectivity index (χ3v) is 4.83. The van der Waals surface area contributed by atoms with Gasteiger partial charge in [-0.25, -0.2) is 0 Å². The highest BCUT2D eigenvalue weighted by atomic mass is 16.5. The SMILES string of the molecule is c1coc(CN2CCO[C@H]3[C@H]2CC[C@H]3OCC2CC2)c1. The fourth-order valence-electron chi connectivity index (χ4n) is 3.51. The smallest absolute Gasteiger partial charge is 0.117 e. The highest BCUT2D eigenvalue weighted by Crippen LogP contribution is 2.35. The van der Waals surface area contributed by atoms with Crippen LogP contribution in [-0.4, -0.2) is 42.9 Å². The summed E-state index contributed by atoms with van der Waals surface area (Å²) in [7, 11) is 0. The van der Waals surface area contributed by atoms with E-state index < -0.39 is 0 Å². The summed E-state index contributed by atoms with van der Waals surface area (Å²) in [6, 6.07) is 4.52. The van der Waals surface area contributed by atoms with E-state index in [0.29, 0.717) is 12.1 Å². The lowest BCUT2D eigenvalue weighted by Gasteiger charge is -2.38. The summed E-state index contributed by atoms with van der Waals surface area (Å²) in [5, 5.41) is 0. The number of fused-ring (bicyclic) bond motifs is 1. The predicted molar refractivity (Wildman–Crippen MR) is 74.3 cm³/mol. The van der Waals surface area contributed by atoms with Crippen LogP contribution in [0.2, 0.25) is 0 Å². The zero-order valence-electron chi connectivity index (χ0n) is 11.9. The molecule has 3 fully saturated rings. The predicted octanol–water partition coefficient (Wildman–Crippen LogP) is 2.44. The van der Waals surface area contributed by atoms with Crippen LogP contribution in [0.3, 0.4) is 0 Å². The average molecular weight is 277 g/mol. The highest BCUT2D eigenvalue weighted by molar-refractivity contribution is 5.02. The van der Waals surface area contributed by atoms with Crippen molar-refractivity contribution in [2.75, 3.05) is 19.8 Å². The molecule has 0 bridgehead atoms. The Kier molecular flexibility index (Phi) is 3.54. The van der Waals surface area contributed by atoms with Gasteiger partial charge in [0, 0.05) is 19.2 Å². The zero-order chi connectivity index (χ0) is 13.4. The maximum Gasteiger partial charge on any atom is 0.117 e. The number of ether oxygens (including phenoxy) is 2. The minimum atomic E-state index is 0.262. The highest BCUT2D eigenvalue weighted by Gasteiger charge is 2.43. The van der Waals surface area contributed by atoms with Crippen LogP contribution >= 0.6 is 0 Å². The Bertz CT molecular complexity index is 429. The molecule has 1 aromatic rings. The number of rotatable bonds is 5. The van der Waals surface area contributed by atoms with Crippen molar-refractivity contribution in [2.45, 2.75) is 50.5 Å².